The third-order valence-corrected chi connectivity index (χ3v) is 4.93. The average Bonchev–Trinajstić information content (AvgIpc) is 2.21. The molecule has 1 rings (SSSR count). The molecule has 0 atom stereocenters. The molecule has 0 radical (unpaired) electrons. The van der Waals surface area contributed by atoms with Gasteiger partial charge in [-0.05, 0) is 73.8 Å². The van der Waals surface area contributed by atoms with Crippen LogP contribution in [0.25, 0.3) is 0 Å². The normalized spacial score (nSPS) is 9.65. The standard InChI is InChI=1S/C11H8I3NO4.K/c1-4(16)15(5(2)17)10-7(13)3-6(12)8(9(10)14)11(18)19;/h3H,1-2H3,(H,18,19);/q;+1/p-1. The maximum absolute atomic E-state index is 11.6. The molecule has 0 spiro atoms. The van der Waals surface area contributed by atoms with Crippen molar-refractivity contribution in [3.8, 4) is 0 Å². The Morgan fingerprint density at radius 3 is 1.85 bits per heavy atom. The summed E-state index contributed by atoms with van der Waals surface area (Å²) in [6, 6.07) is 1.60. The van der Waals surface area contributed by atoms with Gasteiger partial charge in [-0.2, -0.15) is 0 Å². The molecule has 0 aliphatic heterocycles. The van der Waals surface area contributed by atoms with Crippen LogP contribution in [0.5, 0.6) is 0 Å². The van der Waals surface area contributed by atoms with Crippen LogP contribution >= 0.6 is 67.8 Å². The third kappa shape index (κ3) is 4.82. The molecule has 0 saturated carbocycles. The zero-order valence-electron chi connectivity index (χ0n) is 10.8. The fourth-order valence-electron chi connectivity index (χ4n) is 1.51. The van der Waals surface area contributed by atoms with Gasteiger partial charge in [0.25, 0.3) is 0 Å². The second-order valence-electron chi connectivity index (χ2n) is 3.54. The number of anilines is 1. The first-order chi connectivity index (χ1) is 8.68. The minimum Gasteiger partial charge on any atom is -0.545 e. The van der Waals surface area contributed by atoms with Crippen LogP contribution in [-0.2, 0) is 9.59 Å². The Bertz CT molecular complexity index is 578. The molecule has 0 aromatic heterocycles. The molecule has 0 N–H and O–H groups in total. The van der Waals surface area contributed by atoms with Gasteiger partial charge in [-0.15, -0.1) is 0 Å². The van der Waals surface area contributed by atoms with Crippen LogP contribution in [0.15, 0.2) is 6.07 Å². The first kappa shape index (κ1) is 21.7. The Labute approximate surface area is 199 Å². The van der Waals surface area contributed by atoms with Crippen LogP contribution in [0.2, 0.25) is 0 Å². The monoisotopic (exact) mass is 637 g/mol. The Kier molecular flexibility index (Phi) is 9.83. The van der Waals surface area contributed by atoms with Crippen molar-refractivity contribution in [2.45, 2.75) is 13.8 Å². The number of carboxylic acids is 1. The molecule has 0 bridgehead atoms. The summed E-state index contributed by atoms with van der Waals surface area (Å²) in [6.07, 6.45) is 0. The Balaban J connectivity index is 0.00000361. The zero-order chi connectivity index (χ0) is 14.9. The quantitative estimate of drug-likeness (QED) is 0.301. The number of hydrogen-bond donors (Lipinski definition) is 0. The fourth-order valence-corrected chi connectivity index (χ4v) is 5.80. The molecule has 0 fully saturated rings. The Morgan fingerprint density at radius 1 is 1.05 bits per heavy atom. The molecule has 0 aliphatic rings. The van der Waals surface area contributed by atoms with Crippen molar-refractivity contribution in [1.29, 1.82) is 0 Å². The van der Waals surface area contributed by atoms with Gasteiger partial charge < -0.3 is 9.90 Å². The van der Waals surface area contributed by atoms with Gasteiger partial charge >= 0.3 is 51.4 Å². The van der Waals surface area contributed by atoms with Gasteiger partial charge in [-0.25, -0.2) is 4.90 Å². The van der Waals surface area contributed by atoms with E-state index in [0.717, 1.165) is 4.90 Å². The molecule has 20 heavy (non-hydrogen) atoms. The summed E-state index contributed by atoms with van der Waals surface area (Å²) in [6.45, 7) is 2.51. The minimum atomic E-state index is -1.33. The van der Waals surface area contributed by atoms with Gasteiger partial charge in [0.05, 0.1) is 11.7 Å². The maximum atomic E-state index is 11.6. The van der Waals surface area contributed by atoms with Gasteiger partial charge in [0.1, 0.15) is 0 Å². The summed E-state index contributed by atoms with van der Waals surface area (Å²) in [5.74, 6) is -2.26. The van der Waals surface area contributed by atoms with Crippen molar-refractivity contribution < 1.29 is 70.9 Å². The number of aromatic carboxylic acids is 1. The predicted molar refractivity (Wildman–Crippen MR) is 92.8 cm³/mol. The summed E-state index contributed by atoms with van der Waals surface area (Å²) in [5, 5.41) is 11.2. The fraction of sp³-hybridized carbons (Fsp3) is 0.182. The van der Waals surface area contributed by atoms with E-state index in [1.165, 1.54) is 13.8 Å². The molecule has 9 heteroatoms. The zero-order valence-corrected chi connectivity index (χ0v) is 20.4. The smallest absolute Gasteiger partial charge is 0.545 e. The van der Waals surface area contributed by atoms with Crippen molar-refractivity contribution >= 4 is 91.2 Å². The van der Waals surface area contributed by atoms with E-state index in [1.54, 1.807) is 6.07 Å². The summed E-state index contributed by atoms with van der Waals surface area (Å²) in [5.41, 5.74) is 0.282. The van der Waals surface area contributed by atoms with E-state index in [0.29, 0.717) is 16.4 Å². The molecular formula is C11H7I3KNO4. The number of carbonyl (C=O) groups is 3. The number of hydrogen-bond acceptors (Lipinski definition) is 4. The third-order valence-electron chi connectivity index (χ3n) is 2.20. The van der Waals surface area contributed by atoms with Gasteiger partial charge in [-0.1, -0.05) is 0 Å². The number of benzene rings is 1. The van der Waals surface area contributed by atoms with Crippen LogP contribution in [0.1, 0.15) is 24.2 Å². The molecule has 1 aromatic rings. The summed E-state index contributed by atoms with van der Waals surface area (Å²) in [4.78, 5) is 35.3. The molecular weight excluding hydrogens is 630 g/mol. The van der Waals surface area contributed by atoms with Crippen molar-refractivity contribution in [1.82, 2.24) is 0 Å². The molecule has 102 valence electrons. The predicted octanol–water partition coefficient (Wildman–Crippen LogP) is -1.23. The number of amides is 2. The van der Waals surface area contributed by atoms with E-state index in [4.69, 9.17) is 0 Å². The first-order valence-corrected chi connectivity index (χ1v) is 8.12. The van der Waals surface area contributed by atoms with E-state index >= 15 is 0 Å². The maximum Gasteiger partial charge on any atom is 1.00 e. The minimum absolute atomic E-state index is 0. The van der Waals surface area contributed by atoms with E-state index in [-0.39, 0.29) is 56.9 Å². The van der Waals surface area contributed by atoms with E-state index in [9.17, 15) is 19.5 Å². The number of carbonyl (C=O) groups excluding carboxylic acids is 3. The largest absolute Gasteiger partial charge is 1.00 e. The van der Waals surface area contributed by atoms with Crippen LogP contribution in [-0.4, -0.2) is 17.8 Å². The van der Waals surface area contributed by atoms with Crippen molar-refractivity contribution in [2.24, 2.45) is 0 Å². The number of carboxylic acid groups (broad SMARTS) is 1. The van der Waals surface area contributed by atoms with E-state index < -0.39 is 17.8 Å². The molecule has 0 unspecified atom stereocenters. The van der Waals surface area contributed by atoms with E-state index in [2.05, 4.69) is 0 Å². The number of rotatable bonds is 2. The van der Waals surface area contributed by atoms with Crippen molar-refractivity contribution in [3.63, 3.8) is 0 Å². The number of imide groups is 1. The van der Waals surface area contributed by atoms with Gasteiger partial charge in [-0.3, -0.25) is 9.59 Å². The van der Waals surface area contributed by atoms with Crippen molar-refractivity contribution in [3.05, 3.63) is 22.3 Å². The topological polar surface area (TPSA) is 77.5 Å². The van der Waals surface area contributed by atoms with Gasteiger partial charge in [0.2, 0.25) is 11.8 Å². The molecule has 1 aromatic carbocycles. The summed E-state index contributed by atoms with van der Waals surface area (Å²) < 4.78 is 1.45. The Hall–Kier alpha value is 1.66. The van der Waals surface area contributed by atoms with E-state index in [1.807, 2.05) is 67.8 Å². The SMILES string of the molecule is CC(=O)N(C(C)=O)c1c(I)cc(I)c(C(=O)[O-])c1I.[K+]. The molecule has 5 nitrogen and oxygen atoms in total. The number of nitrogens with zero attached hydrogens (tertiary/aromatic N) is 1. The molecule has 0 saturated heterocycles. The summed E-state index contributed by atoms with van der Waals surface area (Å²) >= 11 is 5.66. The average molecular weight is 637 g/mol. The molecule has 2 amide bonds. The van der Waals surface area contributed by atoms with Crippen LogP contribution in [0.4, 0.5) is 5.69 Å². The van der Waals surface area contributed by atoms with Gasteiger partial charge in [0.15, 0.2) is 0 Å². The second-order valence-corrected chi connectivity index (χ2v) is 6.94. The molecule has 0 aliphatic carbocycles. The van der Waals surface area contributed by atoms with Crippen LogP contribution in [0.3, 0.4) is 0 Å². The Morgan fingerprint density at radius 2 is 1.50 bits per heavy atom. The summed E-state index contributed by atoms with van der Waals surface area (Å²) in [7, 11) is 0. The van der Waals surface area contributed by atoms with Crippen LogP contribution < -0.4 is 61.4 Å². The van der Waals surface area contributed by atoms with Crippen molar-refractivity contribution in [2.75, 3.05) is 4.90 Å². The van der Waals surface area contributed by atoms with Gasteiger partial charge in [0, 0.05) is 30.1 Å². The number of halogens is 3. The van der Waals surface area contributed by atoms with Crippen LogP contribution in [0, 0.1) is 10.7 Å². The molecule has 0 heterocycles. The first-order valence-electron chi connectivity index (χ1n) is 4.88. The second kappa shape index (κ2) is 9.07.